The average Bonchev–Trinajstić information content (AvgIpc) is 2.94. The van der Waals surface area contributed by atoms with Gasteiger partial charge in [0.05, 0.1) is 30.1 Å². The molecule has 220 valence electrons. The number of hydrogen-bond acceptors (Lipinski definition) is 9. The second-order valence-electron chi connectivity index (χ2n) is 10.7. The number of piperazine rings is 1. The van der Waals surface area contributed by atoms with Crippen LogP contribution in [0.5, 0.6) is 5.75 Å². The number of H-pyrrole nitrogens is 1. The Bertz CT molecular complexity index is 1680. The summed E-state index contributed by atoms with van der Waals surface area (Å²) in [5.74, 6) is 0.501. The lowest BCUT2D eigenvalue weighted by atomic mass is 10.2. The number of rotatable bonds is 6. The minimum atomic E-state index is -0.549. The van der Waals surface area contributed by atoms with E-state index in [0.29, 0.717) is 48.0 Å². The van der Waals surface area contributed by atoms with Gasteiger partial charge in [-0.25, -0.2) is 19.3 Å². The van der Waals surface area contributed by atoms with Gasteiger partial charge in [0.2, 0.25) is 0 Å². The molecule has 42 heavy (non-hydrogen) atoms. The van der Waals surface area contributed by atoms with Crippen molar-refractivity contribution in [1.29, 1.82) is 0 Å². The van der Waals surface area contributed by atoms with Crippen LogP contribution in [0.2, 0.25) is 5.02 Å². The van der Waals surface area contributed by atoms with Crippen molar-refractivity contribution in [1.82, 2.24) is 20.1 Å². The molecule has 1 aliphatic rings. The molecular formula is C29H31ClFN7O4. The number of carbonyl (C=O) groups is 1. The van der Waals surface area contributed by atoms with Crippen molar-refractivity contribution in [3.63, 3.8) is 0 Å². The zero-order valence-corrected chi connectivity index (χ0v) is 24.4. The fraction of sp³-hybridized carbons (Fsp3) is 0.310. The van der Waals surface area contributed by atoms with Gasteiger partial charge >= 0.3 is 6.09 Å². The van der Waals surface area contributed by atoms with Crippen molar-refractivity contribution >= 4 is 57.2 Å². The maximum Gasteiger partial charge on any atom is 0.410 e. The van der Waals surface area contributed by atoms with Crippen LogP contribution in [0.3, 0.4) is 0 Å². The largest absolute Gasteiger partial charge is 0.494 e. The molecule has 4 aromatic rings. The third kappa shape index (κ3) is 6.49. The predicted molar refractivity (Wildman–Crippen MR) is 161 cm³/mol. The van der Waals surface area contributed by atoms with Crippen molar-refractivity contribution in [3.8, 4) is 5.75 Å². The number of nitrogens with zero attached hydrogens (tertiary/aromatic N) is 4. The van der Waals surface area contributed by atoms with E-state index in [1.54, 1.807) is 18.1 Å². The van der Waals surface area contributed by atoms with Crippen LogP contribution in [-0.4, -0.2) is 65.1 Å². The number of amides is 1. The number of hydrogen-bond donors (Lipinski definition) is 3. The van der Waals surface area contributed by atoms with E-state index >= 15 is 0 Å². The van der Waals surface area contributed by atoms with E-state index in [1.807, 2.05) is 39.0 Å². The summed E-state index contributed by atoms with van der Waals surface area (Å²) >= 11 is 6.05. The third-order valence-corrected chi connectivity index (χ3v) is 6.81. The Morgan fingerprint density at radius 3 is 2.52 bits per heavy atom. The molecule has 0 bridgehead atoms. The molecule has 5 rings (SSSR count). The first kappa shape index (κ1) is 28.9. The molecule has 2 aromatic heterocycles. The van der Waals surface area contributed by atoms with E-state index in [1.165, 1.54) is 24.4 Å². The van der Waals surface area contributed by atoms with Gasteiger partial charge in [-0.2, -0.15) is 5.10 Å². The van der Waals surface area contributed by atoms with Crippen LogP contribution in [0.1, 0.15) is 20.8 Å². The van der Waals surface area contributed by atoms with E-state index < -0.39 is 17.0 Å². The Balaban J connectivity index is 1.40. The molecule has 13 heteroatoms. The summed E-state index contributed by atoms with van der Waals surface area (Å²) in [7, 11) is 1.55. The summed E-state index contributed by atoms with van der Waals surface area (Å²) in [6.07, 6.45) is 1.17. The maximum atomic E-state index is 14.4. The first-order valence-electron chi connectivity index (χ1n) is 13.3. The summed E-state index contributed by atoms with van der Waals surface area (Å²) in [5, 5.41) is 13.6. The number of benzene rings is 2. The molecule has 0 radical (unpaired) electrons. The summed E-state index contributed by atoms with van der Waals surface area (Å²) in [6, 6.07) is 11.4. The van der Waals surface area contributed by atoms with Crippen molar-refractivity contribution in [2.24, 2.45) is 0 Å². The van der Waals surface area contributed by atoms with E-state index in [2.05, 4.69) is 30.7 Å². The minimum Gasteiger partial charge on any atom is -0.494 e. The van der Waals surface area contributed by atoms with E-state index in [0.717, 1.165) is 5.69 Å². The molecule has 0 spiro atoms. The predicted octanol–water partition coefficient (Wildman–Crippen LogP) is 5.66. The molecule has 1 amide bonds. The number of fused-ring (bicyclic) bond motifs is 1. The van der Waals surface area contributed by atoms with Gasteiger partial charge in [0.25, 0.3) is 5.56 Å². The molecule has 0 aliphatic carbocycles. The van der Waals surface area contributed by atoms with Crippen LogP contribution >= 0.6 is 11.6 Å². The number of anilines is 5. The van der Waals surface area contributed by atoms with Gasteiger partial charge in [0.15, 0.2) is 0 Å². The topological polar surface area (TPSA) is 125 Å². The summed E-state index contributed by atoms with van der Waals surface area (Å²) in [6.45, 7) is 7.84. The highest BCUT2D eigenvalue weighted by atomic mass is 35.5. The van der Waals surface area contributed by atoms with Gasteiger partial charge in [0.1, 0.15) is 28.8 Å². The number of halogens is 2. The van der Waals surface area contributed by atoms with E-state index in [-0.39, 0.29) is 28.8 Å². The number of aromatic nitrogens is 3. The van der Waals surface area contributed by atoms with Crippen molar-refractivity contribution in [3.05, 3.63) is 69.9 Å². The molecule has 11 nitrogen and oxygen atoms in total. The normalized spacial score (nSPS) is 13.7. The second-order valence-corrected chi connectivity index (χ2v) is 11.2. The van der Waals surface area contributed by atoms with Gasteiger partial charge in [-0.3, -0.25) is 4.79 Å². The molecule has 3 N–H and O–H groups in total. The van der Waals surface area contributed by atoms with E-state index in [9.17, 15) is 14.0 Å². The highest BCUT2D eigenvalue weighted by Crippen LogP contribution is 2.34. The molecule has 2 aromatic carbocycles. The number of methoxy groups -OCH3 is 1. The second kappa shape index (κ2) is 11.7. The Morgan fingerprint density at radius 1 is 1.05 bits per heavy atom. The zero-order valence-electron chi connectivity index (χ0n) is 23.6. The highest BCUT2D eigenvalue weighted by Gasteiger charge is 2.26. The third-order valence-electron chi connectivity index (χ3n) is 6.57. The summed E-state index contributed by atoms with van der Waals surface area (Å²) < 4.78 is 25.6. The first-order valence-corrected chi connectivity index (χ1v) is 13.7. The van der Waals surface area contributed by atoms with Gasteiger partial charge in [-0.15, -0.1) is 0 Å². The standard InChI is InChI=1S/C29H31ClFN7O4/c1-29(2,3)42-28(40)38-11-9-37(10-12-38)19-6-8-21(23(15-19)41-4)34-26-25-17(16-32-36-27(25)39)13-24(35-26)33-22-14-18(30)5-7-20(22)31/h5-8,13-16H,9-12H2,1-4H3,(H,36,39)(H2,33,34,35). The number of ether oxygens (including phenoxy) is 2. The molecular weight excluding hydrogens is 565 g/mol. The number of pyridine rings is 1. The molecule has 1 fully saturated rings. The van der Waals surface area contributed by atoms with Crippen LogP contribution in [-0.2, 0) is 4.74 Å². The highest BCUT2D eigenvalue weighted by molar-refractivity contribution is 6.30. The monoisotopic (exact) mass is 595 g/mol. The van der Waals surface area contributed by atoms with Crippen LogP contribution in [0.15, 0.2) is 53.5 Å². The fourth-order valence-corrected chi connectivity index (χ4v) is 4.76. The molecule has 0 unspecified atom stereocenters. The van der Waals surface area contributed by atoms with Gasteiger partial charge in [-0.1, -0.05) is 11.6 Å². The van der Waals surface area contributed by atoms with Gasteiger partial charge in [0, 0.05) is 48.3 Å². The van der Waals surface area contributed by atoms with E-state index in [4.69, 9.17) is 21.1 Å². The van der Waals surface area contributed by atoms with Crippen LogP contribution < -0.4 is 25.8 Å². The lowest BCUT2D eigenvalue weighted by Gasteiger charge is -2.37. The molecule has 0 atom stereocenters. The molecule has 1 saturated heterocycles. The molecule has 1 aliphatic heterocycles. The Morgan fingerprint density at radius 2 is 1.81 bits per heavy atom. The zero-order chi connectivity index (χ0) is 30.0. The number of carbonyl (C=O) groups excluding carboxylic acids is 1. The lowest BCUT2D eigenvalue weighted by molar-refractivity contribution is 0.0240. The van der Waals surface area contributed by atoms with Crippen LogP contribution in [0.25, 0.3) is 10.8 Å². The van der Waals surface area contributed by atoms with Gasteiger partial charge in [-0.05, 0) is 57.2 Å². The lowest BCUT2D eigenvalue weighted by Crippen LogP contribution is -2.50. The Labute approximate surface area is 246 Å². The fourth-order valence-electron chi connectivity index (χ4n) is 4.59. The van der Waals surface area contributed by atoms with Crippen LogP contribution in [0.4, 0.5) is 37.9 Å². The first-order chi connectivity index (χ1) is 20.0. The number of aromatic amines is 1. The maximum absolute atomic E-state index is 14.4. The molecule has 3 heterocycles. The number of nitrogens with one attached hydrogen (secondary N) is 3. The van der Waals surface area contributed by atoms with Crippen molar-refractivity contribution in [2.45, 2.75) is 26.4 Å². The van der Waals surface area contributed by atoms with Crippen molar-refractivity contribution in [2.75, 3.05) is 48.8 Å². The quantitative estimate of drug-likeness (QED) is 0.259. The summed E-state index contributed by atoms with van der Waals surface area (Å²) in [4.78, 5) is 33.6. The minimum absolute atomic E-state index is 0.131. The average molecular weight is 596 g/mol. The Kier molecular flexibility index (Phi) is 8.08. The SMILES string of the molecule is COc1cc(N2CCN(C(=O)OC(C)(C)C)CC2)ccc1Nc1nc(Nc2cc(Cl)ccc2F)cc2cn[nH]c(=O)c12. The molecule has 0 saturated carbocycles. The smallest absolute Gasteiger partial charge is 0.410 e. The summed E-state index contributed by atoms with van der Waals surface area (Å²) in [5.41, 5.74) is 0.610. The van der Waals surface area contributed by atoms with Crippen LogP contribution in [0, 0.1) is 5.82 Å². The Hall–Kier alpha value is -4.58. The van der Waals surface area contributed by atoms with Gasteiger partial charge < -0.3 is 29.9 Å². The van der Waals surface area contributed by atoms with Crippen molar-refractivity contribution < 1.29 is 18.7 Å².